The molecule has 1 aromatic carbocycles. The van der Waals surface area contributed by atoms with Crippen LogP contribution in [0.25, 0.3) is 0 Å². The number of nitrogens with zero attached hydrogens (tertiary/aromatic N) is 1. The van der Waals surface area contributed by atoms with E-state index in [0.29, 0.717) is 24.3 Å². The SMILES string of the molecule is Cc1ccc(N2CCCS2(=O)=O)cc1NC(=O)COC(=O)C(C)(C)C. The second kappa shape index (κ2) is 7.03. The number of aryl methyl sites for hydroxylation is 1. The third-order valence-electron chi connectivity index (χ3n) is 3.83. The van der Waals surface area contributed by atoms with Crippen LogP contribution in [0.1, 0.15) is 32.8 Å². The summed E-state index contributed by atoms with van der Waals surface area (Å²) in [6, 6.07) is 5.09. The predicted octanol–water partition coefficient (Wildman–Crippen LogP) is 2.06. The summed E-state index contributed by atoms with van der Waals surface area (Å²) in [5.41, 5.74) is 1.12. The molecule has 2 rings (SSSR count). The molecule has 1 aliphatic rings. The van der Waals surface area contributed by atoms with Crippen LogP contribution in [-0.4, -0.2) is 39.2 Å². The smallest absolute Gasteiger partial charge is 0.311 e. The van der Waals surface area contributed by atoms with Crippen LogP contribution in [0, 0.1) is 12.3 Å². The van der Waals surface area contributed by atoms with Gasteiger partial charge in [0.25, 0.3) is 5.91 Å². The molecule has 0 radical (unpaired) electrons. The number of carbonyl (C=O) groups is 2. The van der Waals surface area contributed by atoms with E-state index >= 15 is 0 Å². The van der Waals surface area contributed by atoms with Gasteiger partial charge in [-0.3, -0.25) is 13.9 Å². The highest BCUT2D eigenvalue weighted by Crippen LogP contribution is 2.28. The van der Waals surface area contributed by atoms with E-state index in [2.05, 4.69) is 5.32 Å². The molecule has 1 aromatic rings. The van der Waals surface area contributed by atoms with Crippen LogP contribution in [0.3, 0.4) is 0 Å². The van der Waals surface area contributed by atoms with Gasteiger partial charge in [0.2, 0.25) is 10.0 Å². The quantitative estimate of drug-likeness (QED) is 0.821. The zero-order valence-corrected chi connectivity index (χ0v) is 15.8. The minimum atomic E-state index is -3.28. The molecule has 25 heavy (non-hydrogen) atoms. The summed E-state index contributed by atoms with van der Waals surface area (Å²) >= 11 is 0. The van der Waals surface area contributed by atoms with Crippen molar-refractivity contribution in [3.8, 4) is 0 Å². The first-order valence-corrected chi connectivity index (χ1v) is 9.70. The number of sulfonamides is 1. The van der Waals surface area contributed by atoms with Crippen molar-refractivity contribution in [2.75, 3.05) is 28.5 Å². The van der Waals surface area contributed by atoms with Gasteiger partial charge in [0.1, 0.15) is 0 Å². The lowest BCUT2D eigenvalue weighted by Gasteiger charge is -2.19. The maximum Gasteiger partial charge on any atom is 0.311 e. The van der Waals surface area contributed by atoms with Gasteiger partial charge < -0.3 is 10.1 Å². The van der Waals surface area contributed by atoms with Crippen molar-refractivity contribution in [3.05, 3.63) is 23.8 Å². The molecule has 0 bridgehead atoms. The molecule has 0 spiro atoms. The highest BCUT2D eigenvalue weighted by Gasteiger charge is 2.29. The van der Waals surface area contributed by atoms with Gasteiger partial charge in [-0.25, -0.2) is 8.42 Å². The minimum Gasteiger partial charge on any atom is -0.455 e. The van der Waals surface area contributed by atoms with Crippen molar-refractivity contribution in [1.82, 2.24) is 0 Å². The van der Waals surface area contributed by atoms with Crippen molar-refractivity contribution >= 4 is 33.3 Å². The van der Waals surface area contributed by atoms with E-state index in [0.717, 1.165) is 5.56 Å². The molecule has 0 atom stereocenters. The van der Waals surface area contributed by atoms with Gasteiger partial charge in [0.15, 0.2) is 6.61 Å². The maximum atomic E-state index is 12.0. The van der Waals surface area contributed by atoms with Crippen molar-refractivity contribution in [2.45, 2.75) is 34.1 Å². The lowest BCUT2D eigenvalue weighted by molar-refractivity contribution is -0.155. The van der Waals surface area contributed by atoms with Crippen LogP contribution < -0.4 is 9.62 Å². The van der Waals surface area contributed by atoms with E-state index in [1.807, 2.05) is 0 Å². The normalized spacial score (nSPS) is 16.6. The van der Waals surface area contributed by atoms with Crippen LogP contribution in [0.4, 0.5) is 11.4 Å². The number of hydrogen-bond acceptors (Lipinski definition) is 5. The van der Waals surface area contributed by atoms with Gasteiger partial charge in [-0.1, -0.05) is 6.07 Å². The van der Waals surface area contributed by atoms with Gasteiger partial charge in [0.05, 0.1) is 16.9 Å². The molecule has 0 aliphatic carbocycles. The van der Waals surface area contributed by atoms with Gasteiger partial charge >= 0.3 is 5.97 Å². The number of anilines is 2. The van der Waals surface area contributed by atoms with E-state index in [1.54, 1.807) is 45.9 Å². The first-order chi connectivity index (χ1) is 11.5. The Labute approximate surface area is 148 Å². The van der Waals surface area contributed by atoms with Gasteiger partial charge in [-0.05, 0) is 51.8 Å². The van der Waals surface area contributed by atoms with Gasteiger partial charge in [-0.2, -0.15) is 0 Å². The molecule has 1 amide bonds. The zero-order chi connectivity index (χ0) is 18.8. The number of carbonyl (C=O) groups excluding carboxylic acids is 2. The van der Waals surface area contributed by atoms with Crippen molar-refractivity contribution in [1.29, 1.82) is 0 Å². The van der Waals surface area contributed by atoms with Crippen LogP contribution >= 0.6 is 0 Å². The number of ether oxygens (including phenoxy) is 1. The molecule has 1 aliphatic heterocycles. The Morgan fingerprint density at radius 2 is 1.96 bits per heavy atom. The van der Waals surface area contributed by atoms with E-state index < -0.39 is 27.3 Å². The number of esters is 1. The fourth-order valence-electron chi connectivity index (χ4n) is 2.36. The minimum absolute atomic E-state index is 0.130. The van der Waals surface area contributed by atoms with Crippen LogP contribution in [0.15, 0.2) is 18.2 Å². The fourth-order valence-corrected chi connectivity index (χ4v) is 3.92. The van der Waals surface area contributed by atoms with Crippen LogP contribution in [0.2, 0.25) is 0 Å². The van der Waals surface area contributed by atoms with Gasteiger partial charge in [-0.15, -0.1) is 0 Å². The molecule has 1 saturated heterocycles. The lowest BCUT2D eigenvalue weighted by atomic mass is 9.97. The first-order valence-electron chi connectivity index (χ1n) is 8.09. The van der Waals surface area contributed by atoms with E-state index in [9.17, 15) is 18.0 Å². The Bertz CT molecular complexity index is 781. The molecular formula is C17H24N2O5S. The van der Waals surface area contributed by atoms with Crippen molar-refractivity contribution < 1.29 is 22.7 Å². The molecule has 0 saturated carbocycles. The third kappa shape index (κ3) is 4.72. The number of hydrogen-bond donors (Lipinski definition) is 1. The Kier molecular flexibility index (Phi) is 5.41. The fraction of sp³-hybridized carbons (Fsp3) is 0.529. The molecule has 0 aromatic heterocycles. The molecule has 1 heterocycles. The summed E-state index contributed by atoms with van der Waals surface area (Å²) in [6.45, 7) is 6.97. The summed E-state index contributed by atoms with van der Waals surface area (Å²) in [4.78, 5) is 23.7. The van der Waals surface area contributed by atoms with Crippen LogP contribution in [0.5, 0.6) is 0 Å². The number of amides is 1. The van der Waals surface area contributed by atoms with Gasteiger partial charge in [0, 0.05) is 12.2 Å². The summed E-state index contributed by atoms with van der Waals surface area (Å²) in [5.74, 6) is -0.802. The molecule has 1 fully saturated rings. The molecular weight excluding hydrogens is 344 g/mol. The van der Waals surface area contributed by atoms with E-state index in [-0.39, 0.29) is 12.4 Å². The number of rotatable bonds is 4. The van der Waals surface area contributed by atoms with Crippen molar-refractivity contribution in [3.63, 3.8) is 0 Å². The molecule has 8 heteroatoms. The average Bonchev–Trinajstić information content (AvgIpc) is 2.85. The summed E-state index contributed by atoms with van der Waals surface area (Å²) < 4.78 is 30.4. The first kappa shape index (κ1) is 19.2. The number of nitrogens with one attached hydrogen (secondary N) is 1. The Morgan fingerprint density at radius 1 is 1.28 bits per heavy atom. The Hall–Kier alpha value is -2.09. The average molecular weight is 368 g/mol. The lowest BCUT2D eigenvalue weighted by Crippen LogP contribution is -2.28. The topological polar surface area (TPSA) is 92.8 Å². The standard InChI is InChI=1S/C17H24N2O5S/c1-12-6-7-13(19-8-5-9-25(19,22)23)10-14(12)18-15(20)11-24-16(21)17(2,3)4/h6-7,10H,5,8-9,11H2,1-4H3,(H,18,20). The summed E-state index contributed by atoms with van der Waals surface area (Å²) in [5, 5.41) is 2.67. The second-order valence-electron chi connectivity index (χ2n) is 7.12. The predicted molar refractivity (Wildman–Crippen MR) is 96.0 cm³/mol. The molecule has 138 valence electrons. The summed E-state index contributed by atoms with van der Waals surface area (Å²) in [7, 11) is -3.28. The Morgan fingerprint density at radius 3 is 2.52 bits per heavy atom. The number of benzene rings is 1. The van der Waals surface area contributed by atoms with Crippen molar-refractivity contribution in [2.24, 2.45) is 5.41 Å². The third-order valence-corrected chi connectivity index (χ3v) is 5.70. The largest absolute Gasteiger partial charge is 0.455 e. The second-order valence-corrected chi connectivity index (χ2v) is 9.13. The summed E-state index contributed by atoms with van der Waals surface area (Å²) in [6.07, 6.45) is 0.584. The highest BCUT2D eigenvalue weighted by atomic mass is 32.2. The monoisotopic (exact) mass is 368 g/mol. The van der Waals surface area contributed by atoms with Crippen LogP contribution in [-0.2, 0) is 24.3 Å². The zero-order valence-electron chi connectivity index (χ0n) is 15.0. The molecule has 7 nitrogen and oxygen atoms in total. The van der Waals surface area contributed by atoms with E-state index in [4.69, 9.17) is 4.74 Å². The Balaban J connectivity index is 2.08. The molecule has 1 N–H and O–H groups in total. The molecule has 0 unspecified atom stereocenters. The highest BCUT2D eigenvalue weighted by molar-refractivity contribution is 7.93. The van der Waals surface area contributed by atoms with E-state index in [1.165, 1.54) is 4.31 Å². The maximum absolute atomic E-state index is 12.0.